The highest BCUT2D eigenvalue weighted by Crippen LogP contribution is 2.25. The van der Waals surface area contributed by atoms with Crippen molar-refractivity contribution in [3.8, 4) is 0 Å². The van der Waals surface area contributed by atoms with E-state index in [0.717, 1.165) is 0 Å². The van der Waals surface area contributed by atoms with Gasteiger partial charge in [0.05, 0.1) is 6.33 Å². The predicted molar refractivity (Wildman–Crippen MR) is 70.8 cm³/mol. The lowest BCUT2D eigenvalue weighted by atomic mass is 9.94. The molecule has 96 valence electrons. The highest BCUT2D eigenvalue weighted by atomic mass is 15.2. The second kappa shape index (κ2) is 4.69. The van der Waals surface area contributed by atoms with Gasteiger partial charge in [0.2, 0.25) is 0 Å². The van der Waals surface area contributed by atoms with Crippen LogP contribution in [-0.2, 0) is 0 Å². The minimum absolute atomic E-state index is 0.395. The zero-order chi connectivity index (χ0) is 12.5. The van der Waals surface area contributed by atoms with Crippen LogP contribution in [0.3, 0.4) is 0 Å². The molecule has 17 heavy (non-hydrogen) atoms. The van der Waals surface area contributed by atoms with E-state index < -0.39 is 0 Å². The Labute approximate surface area is 104 Å². The Morgan fingerprint density at radius 3 is 2.47 bits per heavy atom. The number of aromatic nitrogens is 2. The normalized spacial score (nSPS) is 19.7. The molecule has 1 fully saturated rings. The molecule has 0 spiro atoms. The summed E-state index contributed by atoms with van der Waals surface area (Å²) in [5.41, 5.74) is 6.05. The summed E-state index contributed by atoms with van der Waals surface area (Å²) in [7, 11) is 0. The number of anilines is 1. The summed E-state index contributed by atoms with van der Waals surface area (Å²) < 4.78 is 2.17. The van der Waals surface area contributed by atoms with Crippen molar-refractivity contribution in [2.75, 3.05) is 25.4 Å². The Hall–Kier alpha value is -1.03. The first kappa shape index (κ1) is 12.4. The van der Waals surface area contributed by atoms with Crippen molar-refractivity contribution in [3.05, 3.63) is 12.5 Å². The number of nitrogens with zero attached hydrogens (tertiary/aromatic N) is 3. The molecule has 4 heteroatoms. The molecule has 1 aromatic rings. The Morgan fingerprint density at radius 1 is 1.35 bits per heavy atom. The van der Waals surface area contributed by atoms with Crippen molar-refractivity contribution in [2.45, 2.75) is 39.7 Å². The number of imidazole rings is 1. The van der Waals surface area contributed by atoms with Gasteiger partial charge in [-0.25, -0.2) is 4.98 Å². The van der Waals surface area contributed by atoms with Crippen molar-refractivity contribution in [1.29, 1.82) is 0 Å². The molecule has 0 aromatic carbocycles. The highest BCUT2D eigenvalue weighted by molar-refractivity contribution is 5.22. The predicted octanol–water partition coefficient (Wildman–Crippen LogP) is 2.15. The lowest BCUT2D eigenvalue weighted by Gasteiger charge is -2.36. The fraction of sp³-hybridized carbons (Fsp3) is 0.769. The summed E-state index contributed by atoms with van der Waals surface area (Å²) >= 11 is 0. The third-order valence-corrected chi connectivity index (χ3v) is 3.30. The minimum Gasteiger partial charge on any atom is -0.382 e. The quantitative estimate of drug-likeness (QED) is 0.856. The van der Waals surface area contributed by atoms with Gasteiger partial charge < -0.3 is 15.2 Å². The van der Waals surface area contributed by atoms with Crippen molar-refractivity contribution in [2.24, 2.45) is 5.41 Å². The standard InChI is InChI=1S/C13H24N4/c1-13(2,3)9-16-6-4-11(5-7-16)17-8-12(14)15-10-17/h8,10-11H,4-7,9,14H2,1-3H3. The Morgan fingerprint density at radius 2 is 2.00 bits per heavy atom. The average molecular weight is 236 g/mol. The summed E-state index contributed by atoms with van der Waals surface area (Å²) in [6, 6.07) is 0.580. The molecular formula is C13H24N4. The van der Waals surface area contributed by atoms with Gasteiger partial charge in [-0.2, -0.15) is 0 Å². The van der Waals surface area contributed by atoms with Crippen LogP contribution in [0, 0.1) is 5.41 Å². The van der Waals surface area contributed by atoms with E-state index in [1.165, 1.54) is 32.5 Å². The smallest absolute Gasteiger partial charge is 0.141 e. The monoisotopic (exact) mass is 236 g/mol. The number of hydrogen-bond donors (Lipinski definition) is 1. The molecule has 2 rings (SSSR count). The van der Waals surface area contributed by atoms with Crippen LogP contribution in [0.25, 0.3) is 0 Å². The van der Waals surface area contributed by atoms with Gasteiger partial charge in [-0.05, 0) is 18.3 Å². The van der Waals surface area contributed by atoms with Crippen LogP contribution in [0.2, 0.25) is 0 Å². The van der Waals surface area contributed by atoms with Crippen LogP contribution in [0.5, 0.6) is 0 Å². The van der Waals surface area contributed by atoms with Crippen molar-refractivity contribution >= 4 is 5.82 Å². The van der Waals surface area contributed by atoms with E-state index in [0.29, 0.717) is 17.3 Å². The van der Waals surface area contributed by atoms with Gasteiger partial charge in [0.15, 0.2) is 0 Å². The van der Waals surface area contributed by atoms with E-state index in [1.807, 2.05) is 12.5 Å². The van der Waals surface area contributed by atoms with Gasteiger partial charge in [0, 0.05) is 31.9 Å². The molecule has 0 radical (unpaired) electrons. The number of rotatable bonds is 2. The Kier molecular flexibility index (Phi) is 3.43. The molecule has 1 saturated heterocycles. The van der Waals surface area contributed by atoms with Crippen LogP contribution >= 0.6 is 0 Å². The lowest BCUT2D eigenvalue weighted by molar-refractivity contribution is 0.138. The van der Waals surface area contributed by atoms with Gasteiger partial charge in [-0.15, -0.1) is 0 Å². The van der Waals surface area contributed by atoms with Gasteiger partial charge in [-0.3, -0.25) is 0 Å². The SMILES string of the molecule is CC(C)(C)CN1CCC(n2cnc(N)c2)CC1. The fourth-order valence-corrected chi connectivity index (χ4v) is 2.60. The molecule has 1 aliphatic rings. The molecule has 0 saturated carbocycles. The zero-order valence-electron chi connectivity index (χ0n) is 11.2. The molecular weight excluding hydrogens is 212 g/mol. The molecule has 1 aromatic heterocycles. The maximum absolute atomic E-state index is 5.65. The maximum atomic E-state index is 5.65. The fourth-order valence-electron chi connectivity index (χ4n) is 2.60. The third kappa shape index (κ3) is 3.46. The summed E-state index contributed by atoms with van der Waals surface area (Å²) in [4.78, 5) is 6.66. The summed E-state index contributed by atoms with van der Waals surface area (Å²) in [6.45, 7) is 10.5. The molecule has 0 aliphatic carbocycles. The van der Waals surface area contributed by atoms with Crippen LogP contribution < -0.4 is 5.73 Å². The molecule has 0 unspecified atom stereocenters. The number of nitrogens with two attached hydrogens (primary N) is 1. The van der Waals surface area contributed by atoms with Gasteiger partial charge in [-0.1, -0.05) is 20.8 Å². The number of piperidine rings is 1. The summed E-state index contributed by atoms with van der Waals surface area (Å²) in [6.07, 6.45) is 6.21. The van der Waals surface area contributed by atoms with Gasteiger partial charge >= 0.3 is 0 Å². The summed E-state index contributed by atoms with van der Waals surface area (Å²) in [5, 5.41) is 0. The second-order valence-corrected chi connectivity index (χ2v) is 6.31. The van der Waals surface area contributed by atoms with Crippen LogP contribution in [0.1, 0.15) is 39.7 Å². The average Bonchev–Trinajstić information content (AvgIpc) is 2.63. The van der Waals surface area contributed by atoms with E-state index in [1.54, 1.807) is 0 Å². The minimum atomic E-state index is 0.395. The van der Waals surface area contributed by atoms with E-state index in [4.69, 9.17) is 5.73 Å². The molecule has 0 atom stereocenters. The zero-order valence-corrected chi connectivity index (χ0v) is 11.2. The topological polar surface area (TPSA) is 47.1 Å². The second-order valence-electron chi connectivity index (χ2n) is 6.31. The van der Waals surface area contributed by atoms with Crippen molar-refractivity contribution in [1.82, 2.24) is 14.5 Å². The number of hydrogen-bond acceptors (Lipinski definition) is 3. The highest BCUT2D eigenvalue weighted by Gasteiger charge is 2.23. The lowest BCUT2D eigenvalue weighted by Crippen LogP contribution is -2.39. The molecule has 2 heterocycles. The van der Waals surface area contributed by atoms with E-state index in [9.17, 15) is 0 Å². The molecule has 2 N–H and O–H groups in total. The molecule has 0 bridgehead atoms. The van der Waals surface area contributed by atoms with Crippen LogP contribution in [0.4, 0.5) is 5.82 Å². The van der Waals surface area contributed by atoms with Crippen molar-refractivity contribution < 1.29 is 0 Å². The van der Waals surface area contributed by atoms with Crippen LogP contribution in [-0.4, -0.2) is 34.1 Å². The molecule has 1 aliphatic heterocycles. The van der Waals surface area contributed by atoms with Crippen molar-refractivity contribution in [3.63, 3.8) is 0 Å². The Bertz CT molecular complexity index is 356. The summed E-state index contributed by atoms with van der Waals surface area (Å²) in [5.74, 6) is 0.627. The van der Waals surface area contributed by atoms with E-state index >= 15 is 0 Å². The first-order valence-corrected chi connectivity index (χ1v) is 6.45. The van der Waals surface area contributed by atoms with E-state index in [-0.39, 0.29) is 0 Å². The third-order valence-electron chi connectivity index (χ3n) is 3.30. The van der Waals surface area contributed by atoms with Gasteiger partial charge in [0.25, 0.3) is 0 Å². The number of nitrogen functional groups attached to an aromatic ring is 1. The molecule has 0 amide bonds. The van der Waals surface area contributed by atoms with Gasteiger partial charge in [0.1, 0.15) is 5.82 Å². The molecule has 4 nitrogen and oxygen atoms in total. The first-order valence-electron chi connectivity index (χ1n) is 6.45. The van der Waals surface area contributed by atoms with Crippen LogP contribution in [0.15, 0.2) is 12.5 Å². The largest absolute Gasteiger partial charge is 0.382 e. The number of likely N-dealkylation sites (tertiary alicyclic amines) is 1. The Balaban J connectivity index is 1.86. The first-order chi connectivity index (χ1) is 7.94. The maximum Gasteiger partial charge on any atom is 0.141 e. The van der Waals surface area contributed by atoms with E-state index in [2.05, 4.69) is 35.2 Å².